The quantitative estimate of drug-likeness (QED) is 0.385. The lowest BCUT2D eigenvalue weighted by molar-refractivity contribution is -0.384. The van der Waals surface area contributed by atoms with Crippen LogP contribution in [0.1, 0.15) is 29.8 Å². The van der Waals surface area contributed by atoms with E-state index in [1.54, 1.807) is 13.8 Å². The van der Waals surface area contributed by atoms with Crippen molar-refractivity contribution in [2.75, 3.05) is 5.32 Å². The normalized spacial score (nSPS) is 11.8. The van der Waals surface area contributed by atoms with Gasteiger partial charge in [0, 0.05) is 17.7 Å². The number of hydrogen-bond acceptors (Lipinski definition) is 7. The number of aromatic nitrogens is 2. The Kier molecular flexibility index (Phi) is 7.16. The van der Waals surface area contributed by atoms with E-state index < -0.39 is 22.8 Å². The van der Waals surface area contributed by atoms with Crippen LogP contribution in [-0.4, -0.2) is 33.0 Å². The average Bonchev–Trinajstić information content (AvgIpc) is 3.20. The fourth-order valence-electron chi connectivity index (χ4n) is 2.83. The smallest absolute Gasteiger partial charge is 0.270 e. The van der Waals surface area contributed by atoms with Crippen molar-refractivity contribution < 1.29 is 14.5 Å². The van der Waals surface area contributed by atoms with Gasteiger partial charge in [-0.2, -0.15) is 0 Å². The van der Waals surface area contributed by atoms with Crippen LogP contribution >= 0.6 is 22.9 Å². The van der Waals surface area contributed by atoms with Gasteiger partial charge in [0.2, 0.25) is 11.0 Å². The maximum absolute atomic E-state index is 12.8. The van der Waals surface area contributed by atoms with E-state index in [1.807, 2.05) is 31.2 Å². The average molecular weight is 474 g/mol. The molecule has 3 rings (SSSR count). The van der Waals surface area contributed by atoms with Crippen molar-refractivity contribution >= 4 is 45.6 Å². The highest BCUT2D eigenvalue weighted by Gasteiger charge is 2.27. The molecule has 1 aromatic heterocycles. The number of halogens is 1. The fourth-order valence-corrected chi connectivity index (χ4v) is 3.84. The second-order valence-electron chi connectivity index (χ2n) is 7.38. The number of non-ortho nitro benzene ring substituents is 1. The van der Waals surface area contributed by atoms with Gasteiger partial charge in [-0.05, 0) is 18.9 Å². The minimum Gasteiger partial charge on any atom is -0.340 e. The molecule has 0 saturated heterocycles. The monoisotopic (exact) mass is 473 g/mol. The molecule has 9 nitrogen and oxygen atoms in total. The van der Waals surface area contributed by atoms with Gasteiger partial charge in [-0.15, -0.1) is 10.2 Å². The Bertz CT molecular complexity index is 1160. The predicted octanol–water partition coefficient (Wildman–Crippen LogP) is 4.47. The maximum Gasteiger partial charge on any atom is 0.270 e. The van der Waals surface area contributed by atoms with Gasteiger partial charge < -0.3 is 5.32 Å². The highest BCUT2D eigenvalue weighted by Crippen LogP contribution is 2.27. The molecular weight excluding hydrogens is 454 g/mol. The first kappa shape index (κ1) is 23.3. The van der Waals surface area contributed by atoms with Gasteiger partial charge in [0.1, 0.15) is 11.0 Å². The molecule has 166 valence electrons. The number of nitro groups is 1. The molecule has 0 unspecified atom stereocenters. The Morgan fingerprint density at radius 3 is 2.41 bits per heavy atom. The lowest BCUT2D eigenvalue weighted by atomic mass is 10.0. The molecule has 1 heterocycles. The third-order valence-corrected chi connectivity index (χ3v) is 5.80. The van der Waals surface area contributed by atoms with Crippen LogP contribution < -0.4 is 10.6 Å². The van der Waals surface area contributed by atoms with Crippen LogP contribution in [-0.2, 0) is 4.79 Å². The van der Waals surface area contributed by atoms with Crippen LogP contribution in [0.4, 0.5) is 10.8 Å². The zero-order chi connectivity index (χ0) is 23.4. The molecule has 11 heteroatoms. The number of benzene rings is 2. The number of carbonyl (C=O) groups is 2. The van der Waals surface area contributed by atoms with Crippen molar-refractivity contribution in [3.63, 3.8) is 0 Å². The second-order valence-corrected chi connectivity index (χ2v) is 8.77. The van der Waals surface area contributed by atoms with E-state index in [9.17, 15) is 19.7 Å². The summed E-state index contributed by atoms with van der Waals surface area (Å²) >= 11 is 7.25. The highest BCUT2D eigenvalue weighted by atomic mass is 35.5. The van der Waals surface area contributed by atoms with Crippen molar-refractivity contribution in [1.82, 2.24) is 15.5 Å². The number of rotatable bonds is 7. The van der Waals surface area contributed by atoms with Gasteiger partial charge in [-0.3, -0.25) is 25.0 Å². The van der Waals surface area contributed by atoms with E-state index in [0.29, 0.717) is 10.1 Å². The number of nitrogens with zero attached hydrogens (tertiary/aromatic N) is 3. The lowest BCUT2D eigenvalue weighted by Gasteiger charge is -2.21. The molecule has 2 aromatic carbocycles. The first-order valence-corrected chi connectivity index (χ1v) is 10.8. The van der Waals surface area contributed by atoms with Gasteiger partial charge in [-0.25, -0.2) is 0 Å². The summed E-state index contributed by atoms with van der Waals surface area (Å²) in [5.74, 6) is -1.32. The van der Waals surface area contributed by atoms with Crippen LogP contribution in [0, 0.1) is 23.0 Å². The summed E-state index contributed by atoms with van der Waals surface area (Å²) in [6.07, 6.45) is 0. The molecule has 0 saturated carbocycles. The Morgan fingerprint density at radius 2 is 1.81 bits per heavy atom. The molecule has 2 N–H and O–H groups in total. The summed E-state index contributed by atoms with van der Waals surface area (Å²) in [7, 11) is 0. The Balaban J connectivity index is 1.72. The number of amides is 2. The number of carbonyl (C=O) groups excluding carboxylic acids is 2. The minimum atomic E-state index is -0.888. The third kappa shape index (κ3) is 5.45. The molecular formula is C21H20ClN5O4S. The summed E-state index contributed by atoms with van der Waals surface area (Å²) in [4.78, 5) is 35.7. The van der Waals surface area contributed by atoms with Gasteiger partial charge in [0.15, 0.2) is 0 Å². The van der Waals surface area contributed by atoms with E-state index in [2.05, 4.69) is 20.8 Å². The summed E-state index contributed by atoms with van der Waals surface area (Å²) in [6, 6.07) is 10.4. The largest absolute Gasteiger partial charge is 0.340 e. The SMILES string of the molecule is Cc1ccc(-c2nnc(NC(=O)[C@H](NC(=O)c3ccc([N+](=O)[O-])cc3Cl)C(C)C)s2)cc1. The van der Waals surface area contributed by atoms with Gasteiger partial charge in [0.05, 0.1) is 15.5 Å². The zero-order valence-electron chi connectivity index (χ0n) is 17.5. The van der Waals surface area contributed by atoms with Crippen molar-refractivity contribution in [2.45, 2.75) is 26.8 Å². The highest BCUT2D eigenvalue weighted by molar-refractivity contribution is 7.18. The summed E-state index contributed by atoms with van der Waals surface area (Å²) in [6.45, 7) is 5.54. The molecule has 0 spiro atoms. The van der Waals surface area contributed by atoms with Crippen molar-refractivity contribution in [3.8, 4) is 10.6 Å². The molecule has 0 aliphatic carbocycles. The number of nitrogens with one attached hydrogen (secondary N) is 2. The van der Waals surface area contributed by atoms with Gasteiger partial charge >= 0.3 is 0 Å². The van der Waals surface area contributed by atoms with E-state index in [0.717, 1.165) is 17.2 Å². The van der Waals surface area contributed by atoms with E-state index in [1.165, 1.54) is 23.5 Å². The van der Waals surface area contributed by atoms with Crippen LogP contribution in [0.15, 0.2) is 42.5 Å². The van der Waals surface area contributed by atoms with Crippen LogP contribution in [0.5, 0.6) is 0 Å². The topological polar surface area (TPSA) is 127 Å². The molecule has 3 aromatic rings. The molecule has 0 fully saturated rings. The Hall–Kier alpha value is -3.37. The van der Waals surface area contributed by atoms with Gasteiger partial charge in [-0.1, -0.05) is 66.6 Å². The third-order valence-electron chi connectivity index (χ3n) is 4.60. The number of aryl methyl sites for hydroxylation is 1. The maximum atomic E-state index is 12.8. The molecule has 0 radical (unpaired) electrons. The summed E-state index contributed by atoms with van der Waals surface area (Å²) in [5.41, 5.74) is 1.81. The van der Waals surface area contributed by atoms with Crippen LogP contribution in [0.2, 0.25) is 5.02 Å². The molecule has 2 amide bonds. The number of nitro benzene ring substituents is 1. The molecule has 0 bridgehead atoms. The zero-order valence-corrected chi connectivity index (χ0v) is 19.0. The molecule has 0 aliphatic rings. The molecule has 32 heavy (non-hydrogen) atoms. The van der Waals surface area contributed by atoms with Crippen molar-refractivity contribution in [3.05, 3.63) is 68.7 Å². The first-order valence-electron chi connectivity index (χ1n) is 9.62. The van der Waals surface area contributed by atoms with E-state index >= 15 is 0 Å². The Morgan fingerprint density at radius 1 is 1.12 bits per heavy atom. The number of hydrogen-bond donors (Lipinski definition) is 2. The summed E-state index contributed by atoms with van der Waals surface area (Å²) in [5, 5.41) is 25.2. The summed E-state index contributed by atoms with van der Waals surface area (Å²) < 4.78 is 0. The Labute approximate surface area is 193 Å². The van der Waals surface area contributed by atoms with Crippen molar-refractivity contribution in [1.29, 1.82) is 0 Å². The molecule has 0 aliphatic heterocycles. The lowest BCUT2D eigenvalue weighted by Crippen LogP contribution is -2.47. The fraction of sp³-hybridized carbons (Fsp3) is 0.238. The molecule has 1 atom stereocenters. The second kappa shape index (κ2) is 9.84. The number of anilines is 1. The standard InChI is InChI=1S/C21H20ClN5O4S/c1-11(2)17(23-18(28)15-9-8-14(27(30)31)10-16(15)22)19(29)24-21-26-25-20(32-21)13-6-4-12(3)5-7-13/h4-11,17H,1-3H3,(H,23,28)(H,24,26,29)/t17-/m1/s1. The van der Waals surface area contributed by atoms with Crippen LogP contribution in [0.25, 0.3) is 10.6 Å². The van der Waals surface area contributed by atoms with Gasteiger partial charge in [0.25, 0.3) is 11.6 Å². The van der Waals surface area contributed by atoms with Crippen LogP contribution in [0.3, 0.4) is 0 Å². The van der Waals surface area contributed by atoms with E-state index in [4.69, 9.17) is 11.6 Å². The van der Waals surface area contributed by atoms with E-state index in [-0.39, 0.29) is 22.2 Å². The van der Waals surface area contributed by atoms with Crippen molar-refractivity contribution in [2.24, 2.45) is 5.92 Å². The minimum absolute atomic E-state index is 0.0355. The first-order chi connectivity index (χ1) is 15.2. The predicted molar refractivity (Wildman–Crippen MR) is 123 cm³/mol.